The molecule has 3 aromatic rings. The van der Waals surface area contributed by atoms with Crippen LogP contribution in [-0.4, -0.2) is 20.4 Å². The van der Waals surface area contributed by atoms with E-state index in [1.54, 1.807) is 6.07 Å². The number of H-pyrrole nitrogens is 1. The molecule has 2 aliphatic rings. The first-order chi connectivity index (χ1) is 15.5. The molecule has 2 aliphatic carbocycles. The summed E-state index contributed by atoms with van der Waals surface area (Å²) in [6.07, 6.45) is 4.87. The highest BCUT2D eigenvalue weighted by Crippen LogP contribution is 2.42. The number of hydrogen-bond acceptors (Lipinski definition) is 4. The van der Waals surface area contributed by atoms with E-state index in [0.29, 0.717) is 23.7 Å². The number of nitrogens with zero attached hydrogens (tertiary/aromatic N) is 2. The number of nitrogens with one attached hydrogen (secondary N) is 2. The molecule has 0 radical (unpaired) electrons. The molecule has 2 saturated carbocycles. The molecule has 7 nitrogen and oxygen atoms in total. The molecule has 0 spiro atoms. The number of aromatic amines is 1. The Bertz CT molecular complexity index is 1300. The molecule has 0 saturated heterocycles. The third-order valence-electron chi connectivity index (χ3n) is 6.47. The molecule has 1 atom stereocenters. The van der Waals surface area contributed by atoms with Crippen molar-refractivity contribution >= 4 is 16.9 Å². The lowest BCUT2D eigenvalue weighted by Crippen LogP contribution is -2.35. The van der Waals surface area contributed by atoms with Gasteiger partial charge in [-0.25, -0.2) is 9.78 Å². The van der Waals surface area contributed by atoms with Gasteiger partial charge in [-0.3, -0.25) is 19.1 Å². The van der Waals surface area contributed by atoms with Gasteiger partial charge in [0.05, 0.1) is 17.0 Å². The van der Waals surface area contributed by atoms with E-state index in [4.69, 9.17) is 0 Å². The number of hydrogen-bond donors (Lipinski definition) is 2. The van der Waals surface area contributed by atoms with E-state index < -0.39 is 11.2 Å². The van der Waals surface area contributed by atoms with Crippen LogP contribution in [0.25, 0.3) is 11.0 Å². The summed E-state index contributed by atoms with van der Waals surface area (Å²) in [5, 5.41) is 3.39. The molecule has 5 rings (SSSR count). The van der Waals surface area contributed by atoms with E-state index in [-0.39, 0.29) is 23.3 Å². The van der Waals surface area contributed by atoms with Gasteiger partial charge in [0.25, 0.3) is 11.5 Å². The second-order valence-corrected chi connectivity index (χ2v) is 9.18. The molecule has 0 bridgehead atoms. The number of pyridine rings is 1. The molecular formula is C25H28N4O3. The van der Waals surface area contributed by atoms with E-state index >= 15 is 0 Å². The van der Waals surface area contributed by atoms with Crippen LogP contribution < -0.4 is 16.6 Å². The number of carbonyl (C=O) groups excluding carboxylic acids is 1. The molecule has 2 fully saturated rings. The molecule has 2 N–H and O–H groups in total. The highest BCUT2D eigenvalue weighted by Gasteiger charge is 2.35. The largest absolute Gasteiger partial charge is 0.345 e. The summed E-state index contributed by atoms with van der Waals surface area (Å²) < 4.78 is 1.48. The summed E-state index contributed by atoms with van der Waals surface area (Å²) in [4.78, 5) is 45.9. The van der Waals surface area contributed by atoms with E-state index in [1.165, 1.54) is 10.1 Å². The van der Waals surface area contributed by atoms with E-state index in [9.17, 15) is 14.4 Å². The van der Waals surface area contributed by atoms with Gasteiger partial charge in [0.15, 0.2) is 5.65 Å². The fourth-order valence-corrected chi connectivity index (χ4v) is 4.39. The number of amides is 1. The van der Waals surface area contributed by atoms with Crippen molar-refractivity contribution in [3.63, 3.8) is 0 Å². The lowest BCUT2D eigenvalue weighted by atomic mass is 10.00. The van der Waals surface area contributed by atoms with Gasteiger partial charge < -0.3 is 5.32 Å². The van der Waals surface area contributed by atoms with Crippen molar-refractivity contribution in [3.05, 3.63) is 73.6 Å². The number of aromatic nitrogens is 3. The Morgan fingerprint density at radius 2 is 1.91 bits per heavy atom. The Hall–Kier alpha value is -3.22. The fourth-order valence-electron chi connectivity index (χ4n) is 4.39. The van der Waals surface area contributed by atoms with Crippen LogP contribution in [0.4, 0.5) is 0 Å². The van der Waals surface area contributed by atoms with Crippen LogP contribution in [-0.2, 0) is 6.54 Å². The van der Waals surface area contributed by atoms with Crippen LogP contribution in [0, 0.1) is 12.8 Å². The molecular weight excluding hydrogens is 404 g/mol. The predicted molar refractivity (Wildman–Crippen MR) is 123 cm³/mol. The zero-order valence-electron chi connectivity index (χ0n) is 18.5. The van der Waals surface area contributed by atoms with E-state index in [2.05, 4.69) is 39.6 Å². The van der Waals surface area contributed by atoms with Crippen LogP contribution in [0.2, 0.25) is 0 Å². The quantitative estimate of drug-likeness (QED) is 0.597. The van der Waals surface area contributed by atoms with Gasteiger partial charge in [0.2, 0.25) is 0 Å². The van der Waals surface area contributed by atoms with Crippen LogP contribution in [0.3, 0.4) is 0 Å². The normalized spacial score (nSPS) is 16.8. The maximum atomic E-state index is 13.6. The number of fused-ring (bicyclic) bond motifs is 1. The smallest absolute Gasteiger partial charge is 0.329 e. The molecule has 7 heteroatoms. The van der Waals surface area contributed by atoms with Crippen molar-refractivity contribution in [2.45, 2.75) is 64.5 Å². The first-order valence-electron chi connectivity index (χ1n) is 11.5. The maximum Gasteiger partial charge on any atom is 0.329 e. The summed E-state index contributed by atoms with van der Waals surface area (Å²) in [6.45, 7) is 4.44. The first kappa shape index (κ1) is 20.7. The monoisotopic (exact) mass is 432 g/mol. The third kappa shape index (κ3) is 3.87. The van der Waals surface area contributed by atoms with Crippen molar-refractivity contribution < 1.29 is 4.79 Å². The lowest BCUT2D eigenvalue weighted by molar-refractivity contribution is 0.0933. The highest BCUT2D eigenvalue weighted by molar-refractivity contribution is 6.05. The van der Waals surface area contributed by atoms with E-state index in [0.717, 1.165) is 43.4 Å². The summed E-state index contributed by atoms with van der Waals surface area (Å²) in [7, 11) is 0. The third-order valence-corrected chi connectivity index (χ3v) is 6.47. The van der Waals surface area contributed by atoms with Gasteiger partial charge in [0.1, 0.15) is 0 Å². The first-order valence-corrected chi connectivity index (χ1v) is 11.5. The minimum Gasteiger partial charge on any atom is -0.345 e. The van der Waals surface area contributed by atoms with Gasteiger partial charge in [0, 0.05) is 18.2 Å². The number of benzene rings is 1. The highest BCUT2D eigenvalue weighted by atomic mass is 16.2. The Morgan fingerprint density at radius 1 is 1.19 bits per heavy atom. The summed E-state index contributed by atoms with van der Waals surface area (Å²) in [5.41, 5.74) is 2.61. The average Bonchev–Trinajstić information content (AvgIpc) is 3.68. The molecule has 1 unspecified atom stereocenters. The number of carbonyl (C=O) groups is 1. The van der Waals surface area contributed by atoms with Crippen LogP contribution >= 0.6 is 0 Å². The predicted octanol–water partition coefficient (Wildman–Crippen LogP) is 3.56. The Labute approximate surface area is 185 Å². The van der Waals surface area contributed by atoms with Gasteiger partial charge in [-0.2, -0.15) is 0 Å². The Kier molecular flexibility index (Phi) is 5.19. The Morgan fingerprint density at radius 3 is 2.53 bits per heavy atom. The van der Waals surface area contributed by atoms with Gasteiger partial charge in [-0.1, -0.05) is 36.8 Å². The zero-order chi connectivity index (χ0) is 22.4. The van der Waals surface area contributed by atoms with Crippen molar-refractivity contribution in [2.75, 3.05) is 0 Å². The SMILES string of the molecule is CCCn1c(=O)[nH]c(=O)c2c(C(=O)NC(c3ccc(C)cc3)C3CC3)cc(C3CC3)nc21. The molecule has 0 aliphatic heterocycles. The molecule has 1 aromatic carbocycles. The molecule has 32 heavy (non-hydrogen) atoms. The molecule has 2 heterocycles. The zero-order valence-corrected chi connectivity index (χ0v) is 18.5. The van der Waals surface area contributed by atoms with Gasteiger partial charge >= 0.3 is 5.69 Å². The topological polar surface area (TPSA) is 96.9 Å². The second-order valence-electron chi connectivity index (χ2n) is 9.18. The maximum absolute atomic E-state index is 13.6. The summed E-state index contributed by atoms with van der Waals surface area (Å²) in [5.74, 6) is 0.393. The minimum absolute atomic E-state index is 0.101. The van der Waals surface area contributed by atoms with Gasteiger partial charge in [-0.15, -0.1) is 0 Å². The molecule has 166 valence electrons. The van der Waals surface area contributed by atoms with Crippen molar-refractivity contribution in [3.8, 4) is 0 Å². The molecule has 2 aromatic heterocycles. The minimum atomic E-state index is -0.560. The summed E-state index contributed by atoms with van der Waals surface area (Å²) in [6, 6.07) is 9.88. The van der Waals surface area contributed by atoms with Crippen molar-refractivity contribution in [2.24, 2.45) is 5.92 Å². The lowest BCUT2D eigenvalue weighted by Gasteiger charge is -2.20. The van der Waals surface area contributed by atoms with Crippen LogP contribution in [0.15, 0.2) is 39.9 Å². The van der Waals surface area contributed by atoms with Crippen LogP contribution in [0.5, 0.6) is 0 Å². The number of aryl methyl sites for hydroxylation is 2. The second kappa shape index (κ2) is 8.04. The average molecular weight is 433 g/mol. The van der Waals surface area contributed by atoms with Crippen molar-refractivity contribution in [1.82, 2.24) is 19.9 Å². The van der Waals surface area contributed by atoms with Gasteiger partial charge in [-0.05, 0) is 56.6 Å². The number of rotatable bonds is 7. The van der Waals surface area contributed by atoms with Crippen molar-refractivity contribution in [1.29, 1.82) is 0 Å². The molecule has 1 amide bonds. The Balaban J connectivity index is 1.61. The fraction of sp³-hybridized carbons (Fsp3) is 0.440. The standard InChI is InChI=1S/C25H28N4O3/c1-3-12-29-22-20(24(31)28-25(29)32)18(13-19(26-22)15-8-9-15)23(30)27-21(17-10-11-17)16-6-4-14(2)5-7-16/h4-7,13,15,17,21H,3,8-12H2,1-2H3,(H,27,30)(H,28,31,32). The van der Waals surface area contributed by atoms with E-state index in [1.807, 2.05) is 13.8 Å². The summed E-state index contributed by atoms with van der Waals surface area (Å²) >= 11 is 0. The van der Waals surface area contributed by atoms with Crippen LogP contribution in [0.1, 0.15) is 78.2 Å².